The van der Waals surface area contributed by atoms with E-state index < -0.39 is 0 Å². The number of nitrogens with one attached hydrogen (secondary N) is 1. The van der Waals surface area contributed by atoms with Crippen molar-refractivity contribution in [2.24, 2.45) is 0 Å². The number of aromatic nitrogens is 5. The number of nitrogens with zero attached hydrogens (tertiary/aromatic N) is 5. The maximum Gasteiger partial charge on any atom is 0.250 e. The number of benzene rings is 1. The molecule has 9 heteroatoms. The van der Waals surface area contributed by atoms with Gasteiger partial charge in [-0.25, -0.2) is 0 Å². The Balaban J connectivity index is 1.83. The Morgan fingerprint density at radius 3 is 2.96 bits per heavy atom. The largest absolute Gasteiger partial charge is 0.382 e. The third kappa shape index (κ3) is 3.20. The lowest BCUT2D eigenvalue weighted by Gasteiger charge is -2.08. The summed E-state index contributed by atoms with van der Waals surface area (Å²) in [4.78, 5) is 12.3. The van der Waals surface area contributed by atoms with E-state index in [-0.39, 0.29) is 23.7 Å². The van der Waals surface area contributed by atoms with Gasteiger partial charge >= 0.3 is 0 Å². The van der Waals surface area contributed by atoms with Gasteiger partial charge in [0.05, 0.1) is 6.20 Å². The van der Waals surface area contributed by atoms with Crippen LogP contribution in [-0.4, -0.2) is 30.5 Å². The van der Waals surface area contributed by atoms with E-state index in [0.717, 1.165) is 15.8 Å². The van der Waals surface area contributed by atoms with Crippen LogP contribution in [0.15, 0.2) is 30.5 Å². The fraction of sp³-hybridized carbons (Fsp3) is 0.188. The standard InChI is InChI=1S/C16H15N7OS/c1-10-3-2-4-11(7-10)15-20-21-16(25)22(15)6-5-13(24)23-14(18)12(8-17)9-19-23/h2-4,7,9H,5-6,18H2,1H3,(H,21,25). The summed E-state index contributed by atoms with van der Waals surface area (Å²) >= 11 is 5.27. The van der Waals surface area contributed by atoms with Crippen molar-refractivity contribution in [3.05, 3.63) is 46.4 Å². The van der Waals surface area contributed by atoms with Crippen molar-refractivity contribution in [1.82, 2.24) is 24.5 Å². The van der Waals surface area contributed by atoms with Crippen LogP contribution in [0.1, 0.15) is 22.3 Å². The number of H-pyrrole nitrogens is 1. The maximum atomic E-state index is 12.3. The third-order valence-electron chi connectivity index (χ3n) is 3.75. The molecular formula is C16H15N7OS. The Morgan fingerprint density at radius 1 is 1.48 bits per heavy atom. The number of aromatic amines is 1. The number of nitrogens with two attached hydrogens (primary N) is 1. The molecule has 25 heavy (non-hydrogen) atoms. The van der Waals surface area contributed by atoms with Crippen molar-refractivity contribution >= 4 is 23.9 Å². The molecule has 0 saturated carbocycles. The molecule has 0 unspecified atom stereocenters. The highest BCUT2D eigenvalue weighted by atomic mass is 32.1. The molecule has 3 aromatic rings. The molecule has 3 rings (SSSR count). The van der Waals surface area contributed by atoms with Gasteiger partial charge in [-0.05, 0) is 25.2 Å². The molecule has 0 aliphatic rings. The zero-order valence-electron chi connectivity index (χ0n) is 13.4. The lowest BCUT2D eigenvalue weighted by molar-refractivity contribution is 0.0884. The number of anilines is 1. The number of nitrogen functional groups attached to an aromatic ring is 1. The van der Waals surface area contributed by atoms with Crippen molar-refractivity contribution in [2.45, 2.75) is 19.9 Å². The first-order chi connectivity index (χ1) is 12.0. The molecule has 0 spiro atoms. The van der Waals surface area contributed by atoms with E-state index in [1.165, 1.54) is 6.20 Å². The number of hydrogen-bond acceptors (Lipinski definition) is 6. The highest BCUT2D eigenvalue weighted by Gasteiger charge is 2.15. The van der Waals surface area contributed by atoms with Crippen LogP contribution in [0.5, 0.6) is 0 Å². The fourth-order valence-corrected chi connectivity index (χ4v) is 2.71. The molecule has 126 valence electrons. The van der Waals surface area contributed by atoms with Gasteiger partial charge in [-0.1, -0.05) is 23.8 Å². The zero-order chi connectivity index (χ0) is 18.0. The Labute approximate surface area is 148 Å². The van der Waals surface area contributed by atoms with Crippen LogP contribution in [0.4, 0.5) is 5.82 Å². The highest BCUT2D eigenvalue weighted by molar-refractivity contribution is 7.71. The van der Waals surface area contributed by atoms with Crippen molar-refractivity contribution in [3.63, 3.8) is 0 Å². The Hall–Kier alpha value is -3.25. The van der Waals surface area contributed by atoms with Crippen molar-refractivity contribution in [2.75, 3.05) is 5.73 Å². The first kappa shape index (κ1) is 16.6. The second kappa shape index (κ2) is 6.70. The quantitative estimate of drug-likeness (QED) is 0.695. The number of rotatable bonds is 4. The molecule has 2 aromatic heterocycles. The Kier molecular flexibility index (Phi) is 4.45. The summed E-state index contributed by atoms with van der Waals surface area (Å²) in [7, 11) is 0. The second-order valence-corrected chi connectivity index (χ2v) is 5.87. The molecule has 0 amide bonds. The zero-order valence-corrected chi connectivity index (χ0v) is 14.2. The highest BCUT2D eigenvalue weighted by Crippen LogP contribution is 2.19. The van der Waals surface area contributed by atoms with Crippen LogP contribution >= 0.6 is 12.2 Å². The molecular weight excluding hydrogens is 338 g/mol. The molecule has 0 atom stereocenters. The van der Waals surface area contributed by atoms with E-state index in [1.54, 1.807) is 4.57 Å². The smallest absolute Gasteiger partial charge is 0.250 e. The average Bonchev–Trinajstić information content (AvgIpc) is 3.15. The SMILES string of the molecule is Cc1cccc(-c2n[nH]c(=S)n2CCC(=O)n2ncc(C#N)c2N)c1. The third-order valence-corrected chi connectivity index (χ3v) is 4.06. The van der Waals surface area contributed by atoms with E-state index in [4.69, 9.17) is 23.2 Å². The number of nitriles is 1. The van der Waals surface area contributed by atoms with Gasteiger partial charge in [-0.15, -0.1) is 0 Å². The summed E-state index contributed by atoms with van der Waals surface area (Å²) in [5.74, 6) is 0.382. The van der Waals surface area contributed by atoms with Crippen LogP contribution in [-0.2, 0) is 6.54 Å². The minimum absolute atomic E-state index is 0.0437. The van der Waals surface area contributed by atoms with E-state index >= 15 is 0 Å². The number of aryl methyl sites for hydroxylation is 1. The van der Waals surface area contributed by atoms with Crippen molar-refractivity contribution in [3.8, 4) is 17.5 Å². The number of carbonyl (C=O) groups excluding carboxylic acids is 1. The Morgan fingerprint density at radius 2 is 2.28 bits per heavy atom. The van der Waals surface area contributed by atoms with Gasteiger partial charge in [-0.3, -0.25) is 14.5 Å². The molecule has 3 N–H and O–H groups in total. The van der Waals surface area contributed by atoms with E-state index in [1.807, 2.05) is 37.3 Å². The van der Waals surface area contributed by atoms with Crippen molar-refractivity contribution < 1.29 is 4.79 Å². The second-order valence-electron chi connectivity index (χ2n) is 5.48. The summed E-state index contributed by atoms with van der Waals surface area (Å²) in [6.45, 7) is 2.31. The molecule has 0 aliphatic heterocycles. The molecule has 0 radical (unpaired) electrons. The minimum atomic E-state index is -0.322. The summed E-state index contributed by atoms with van der Waals surface area (Å²) in [6, 6.07) is 9.74. The van der Waals surface area contributed by atoms with Crippen molar-refractivity contribution in [1.29, 1.82) is 5.26 Å². The molecule has 0 aliphatic carbocycles. The monoisotopic (exact) mass is 353 g/mol. The molecule has 8 nitrogen and oxygen atoms in total. The van der Waals surface area contributed by atoms with E-state index in [9.17, 15) is 4.79 Å². The topological polar surface area (TPSA) is 118 Å². The van der Waals surface area contributed by atoms with Gasteiger partial charge in [0, 0.05) is 18.5 Å². The number of hydrogen-bond donors (Lipinski definition) is 2. The van der Waals surface area contributed by atoms with Crippen LogP contribution in [0, 0.1) is 23.0 Å². The van der Waals surface area contributed by atoms with Crippen LogP contribution in [0.25, 0.3) is 11.4 Å². The summed E-state index contributed by atoms with van der Waals surface area (Å²) in [5, 5.41) is 19.8. The lowest BCUT2D eigenvalue weighted by atomic mass is 10.1. The predicted octanol–water partition coefficient (Wildman–Crippen LogP) is 2.30. The van der Waals surface area contributed by atoms with E-state index in [0.29, 0.717) is 17.1 Å². The van der Waals surface area contributed by atoms with Crippen LogP contribution in [0.2, 0.25) is 0 Å². The predicted molar refractivity (Wildman–Crippen MR) is 94.2 cm³/mol. The van der Waals surface area contributed by atoms with Gasteiger partial charge in [0.1, 0.15) is 17.5 Å². The van der Waals surface area contributed by atoms with E-state index in [2.05, 4.69) is 15.3 Å². The molecule has 1 aromatic carbocycles. The first-order valence-corrected chi connectivity index (χ1v) is 7.91. The first-order valence-electron chi connectivity index (χ1n) is 7.50. The molecule has 2 heterocycles. The van der Waals surface area contributed by atoms with Crippen LogP contribution in [0.3, 0.4) is 0 Å². The summed E-state index contributed by atoms with van der Waals surface area (Å²) in [5.41, 5.74) is 7.92. The van der Waals surface area contributed by atoms with Gasteiger partial charge in [0.15, 0.2) is 10.6 Å². The molecule has 0 fully saturated rings. The van der Waals surface area contributed by atoms with Gasteiger partial charge in [0.2, 0.25) is 0 Å². The Bertz CT molecular complexity index is 1040. The van der Waals surface area contributed by atoms with Gasteiger partial charge in [0.25, 0.3) is 5.91 Å². The number of carbonyl (C=O) groups is 1. The van der Waals surface area contributed by atoms with Crippen LogP contribution < -0.4 is 5.73 Å². The average molecular weight is 353 g/mol. The van der Waals surface area contributed by atoms with Gasteiger partial charge < -0.3 is 5.73 Å². The molecule has 0 saturated heterocycles. The lowest BCUT2D eigenvalue weighted by Crippen LogP contribution is -2.17. The summed E-state index contributed by atoms with van der Waals surface area (Å²) < 4.78 is 3.22. The normalized spacial score (nSPS) is 10.6. The molecule has 0 bridgehead atoms. The summed E-state index contributed by atoms with van der Waals surface area (Å²) in [6.07, 6.45) is 1.39. The van der Waals surface area contributed by atoms with Gasteiger partial charge in [-0.2, -0.15) is 20.1 Å². The maximum absolute atomic E-state index is 12.3. The minimum Gasteiger partial charge on any atom is -0.382 e. The fourth-order valence-electron chi connectivity index (χ4n) is 2.49.